The second-order valence-electron chi connectivity index (χ2n) is 6.00. The van der Waals surface area contributed by atoms with Crippen LogP contribution >= 0.6 is 11.3 Å². The molecule has 2 heterocycles. The second kappa shape index (κ2) is 7.13. The number of fused-ring (bicyclic) bond motifs is 1. The van der Waals surface area contributed by atoms with Crippen LogP contribution in [0.1, 0.15) is 37.6 Å². The number of amides is 1. The third-order valence-corrected chi connectivity index (χ3v) is 5.29. The molecule has 3 aromatic rings. The molecule has 0 spiro atoms. The molecule has 0 fully saturated rings. The standard InChI is InChI=1S/C18H22N4OS/c1-4-16-19-9-10-22(16)11-12(2)17(23)20-13(3)18-21-14-7-5-6-8-15(14)24-18/h5-10,12-13H,4,11H2,1-3H3,(H,20,23)/t12-,13-/m1/s1. The number of para-hydroxylation sites is 1. The van der Waals surface area contributed by atoms with Crippen molar-refractivity contribution in [1.29, 1.82) is 0 Å². The van der Waals surface area contributed by atoms with E-state index in [0.717, 1.165) is 27.5 Å². The molecule has 0 saturated heterocycles. The molecule has 0 unspecified atom stereocenters. The Morgan fingerprint density at radius 3 is 2.88 bits per heavy atom. The molecule has 3 rings (SSSR count). The molecule has 0 aliphatic carbocycles. The molecule has 1 N–H and O–H groups in total. The van der Waals surface area contributed by atoms with Crippen LogP contribution in [0.25, 0.3) is 10.2 Å². The van der Waals surface area contributed by atoms with Crippen LogP contribution in [0, 0.1) is 5.92 Å². The number of thiazole rings is 1. The first-order valence-corrected chi connectivity index (χ1v) is 9.06. The van der Waals surface area contributed by atoms with Gasteiger partial charge in [-0.1, -0.05) is 26.0 Å². The number of carbonyl (C=O) groups excluding carboxylic acids is 1. The van der Waals surface area contributed by atoms with Crippen molar-refractivity contribution in [2.45, 2.75) is 39.8 Å². The number of aromatic nitrogens is 3. The predicted molar refractivity (Wildman–Crippen MR) is 96.9 cm³/mol. The molecule has 0 bridgehead atoms. The highest BCUT2D eigenvalue weighted by atomic mass is 32.1. The number of carbonyl (C=O) groups is 1. The molecule has 2 atom stereocenters. The first-order chi connectivity index (χ1) is 11.6. The van der Waals surface area contributed by atoms with Gasteiger partial charge >= 0.3 is 0 Å². The van der Waals surface area contributed by atoms with Gasteiger partial charge in [0.15, 0.2) is 0 Å². The number of rotatable bonds is 6. The molecule has 0 saturated carbocycles. The predicted octanol–water partition coefficient (Wildman–Crippen LogP) is 3.57. The fraction of sp³-hybridized carbons (Fsp3) is 0.389. The molecule has 2 aromatic heterocycles. The number of aryl methyl sites for hydroxylation is 1. The monoisotopic (exact) mass is 342 g/mol. The summed E-state index contributed by atoms with van der Waals surface area (Å²) in [4.78, 5) is 21.4. The average Bonchev–Trinajstić information content (AvgIpc) is 3.20. The van der Waals surface area contributed by atoms with E-state index in [9.17, 15) is 4.79 Å². The van der Waals surface area contributed by atoms with E-state index in [1.807, 2.05) is 42.8 Å². The maximum absolute atomic E-state index is 12.5. The number of hydrogen-bond acceptors (Lipinski definition) is 4. The van der Waals surface area contributed by atoms with E-state index in [-0.39, 0.29) is 17.9 Å². The Kier molecular flexibility index (Phi) is 4.94. The van der Waals surface area contributed by atoms with E-state index < -0.39 is 0 Å². The van der Waals surface area contributed by atoms with Crippen LogP contribution in [0.5, 0.6) is 0 Å². The van der Waals surface area contributed by atoms with Crippen LogP contribution < -0.4 is 5.32 Å². The molecular formula is C18H22N4OS. The van der Waals surface area contributed by atoms with Crippen LogP contribution in [0.15, 0.2) is 36.7 Å². The van der Waals surface area contributed by atoms with Gasteiger partial charge in [-0.2, -0.15) is 0 Å². The van der Waals surface area contributed by atoms with Gasteiger partial charge < -0.3 is 9.88 Å². The maximum atomic E-state index is 12.5. The highest BCUT2D eigenvalue weighted by Gasteiger charge is 2.19. The van der Waals surface area contributed by atoms with E-state index in [1.165, 1.54) is 0 Å². The minimum atomic E-state index is -0.124. The highest BCUT2D eigenvalue weighted by molar-refractivity contribution is 7.18. The normalized spacial score (nSPS) is 13.8. The van der Waals surface area contributed by atoms with Crippen molar-refractivity contribution in [3.63, 3.8) is 0 Å². The lowest BCUT2D eigenvalue weighted by Crippen LogP contribution is -2.33. The summed E-state index contributed by atoms with van der Waals surface area (Å²) in [6.45, 7) is 6.64. The summed E-state index contributed by atoms with van der Waals surface area (Å²) in [5.41, 5.74) is 0.984. The summed E-state index contributed by atoms with van der Waals surface area (Å²) in [6, 6.07) is 7.95. The van der Waals surface area contributed by atoms with E-state index in [1.54, 1.807) is 17.5 Å². The first kappa shape index (κ1) is 16.6. The fourth-order valence-electron chi connectivity index (χ4n) is 2.69. The smallest absolute Gasteiger partial charge is 0.225 e. The summed E-state index contributed by atoms with van der Waals surface area (Å²) in [6.07, 6.45) is 4.58. The van der Waals surface area contributed by atoms with Crippen molar-refractivity contribution in [2.75, 3.05) is 0 Å². The highest BCUT2D eigenvalue weighted by Crippen LogP contribution is 2.26. The van der Waals surface area contributed by atoms with Crippen molar-refractivity contribution < 1.29 is 4.79 Å². The van der Waals surface area contributed by atoms with Crippen LogP contribution in [0.4, 0.5) is 0 Å². The fourth-order valence-corrected chi connectivity index (χ4v) is 3.66. The van der Waals surface area contributed by atoms with Gasteiger partial charge in [-0.05, 0) is 19.1 Å². The van der Waals surface area contributed by atoms with Gasteiger partial charge in [-0.15, -0.1) is 11.3 Å². The number of nitrogens with zero attached hydrogens (tertiary/aromatic N) is 3. The van der Waals surface area contributed by atoms with Gasteiger partial charge in [0, 0.05) is 25.4 Å². The zero-order chi connectivity index (χ0) is 17.1. The Hall–Kier alpha value is -2.21. The molecule has 5 nitrogen and oxygen atoms in total. The Morgan fingerprint density at radius 1 is 1.33 bits per heavy atom. The SMILES string of the molecule is CCc1nccn1C[C@@H](C)C(=O)N[C@H](C)c1nc2ccccc2s1. The van der Waals surface area contributed by atoms with Crippen molar-refractivity contribution in [1.82, 2.24) is 19.9 Å². The molecule has 1 amide bonds. The summed E-state index contributed by atoms with van der Waals surface area (Å²) < 4.78 is 3.19. The minimum Gasteiger partial charge on any atom is -0.347 e. The summed E-state index contributed by atoms with van der Waals surface area (Å²) in [5, 5.41) is 4.02. The zero-order valence-corrected chi connectivity index (χ0v) is 15.0. The van der Waals surface area contributed by atoms with Crippen molar-refractivity contribution >= 4 is 27.5 Å². The van der Waals surface area contributed by atoms with Crippen molar-refractivity contribution in [2.24, 2.45) is 5.92 Å². The summed E-state index contributed by atoms with van der Waals surface area (Å²) >= 11 is 1.63. The summed E-state index contributed by atoms with van der Waals surface area (Å²) in [7, 11) is 0. The van der Waals surface area contributed by atoms with Gasteiger partial charge in [-0.3, -0.25) is 4.79 Å². The van der Waals surface area contributed by atoms with Crippen molar-refractivity contribution in [3.8, 4) is 0 Å². The maximum Gasteiger partial charge on any atom is 0.225 e. The molecule has 0 aliphatic rings. The Balaban J connectivity index is 1.64. The van der Waals surface area contributed by atoms with Gasteiger partial charge in [0.2, 0.25) is 5.91 Å². The van der Waals surface area contributed by atoms with E-state index >= 15 is 0 Å². The van der Waals surface area contributed by atoms with Gasteiger partial charge in [0.1, 0.15) is 10.8 Å². The number of benzene rings is 1. The van der Waals surface area contributed by atoms with Crippen LogP contribution in [-0.4, -0.2) is 20.4 Å². The molecule has 24 heavy (non-hydrogen) atoms. The average molecular weight is 342 g/mol. The Bertz CT molecular complexity index is 805. The lowest BCUT2D eigenvalue weighted by molar-refractivity contribution is -0.125. The Labute approximate surface area is 145 Å². The topological polar surface area (TPSA) is 59.8 Å². The third kappa shape index (κ3) is 3.48. The van der Waals surface area contributed by atoms with Crippen LogP contribution in [0.3, 0.4) is 0 Å². The van der Waals surface area contributed by atoms with Gasteiger partial charge in [-0.25, -0.2) is 9.97 Å². The van der Waals surface area contributed by atoms with Crippen LogP contribution in [0.2, 0.25) is 0 Å². The quantitative estimate of drug-likeness (QED) is 0.745. The van der Waals surface area contributed by atoms with E-state index in [4.69, 9.17) is 0 Å². The molecule has 126 valence electrons. The molecule has 0 aliphatic heterocycles. The minimum absolute atomic E-state index is 0.0394. The molecular weight excluding hydrogens is 320 g/mol. The Morgan fingerprint density at radius 2 is 2.12 bits per heavy atom. The van der Waals surface area contributed by atoms with E-state index in [0.29, 0.717) is 6.54 Å². The second-order valence-corrected chi connectivity index (χ2v) is 7.06. The van der Waals surface area contributed by atoms with Gasteiger partial charge in [0.05, 0.1) is 22.2 Å². The third-order valence-electron chi connectivity index (χ3n) is 4.08. The first-order valence-electron chi connectivity index (χ1n) is 8.24. The summed E-state index contributed by atoms with van der Waals surface area (Å²) in [5.74, 6) is 0.924. The lowest BCUT2D eigenvalue weighted by atomic mass is 10.1. The number of nitrogens with one attached hydrogen (secondary N) is 1. The zero-order valence-electron chi connectivity index (χ0n) is 14.2. The number of hydrogen-bond donors (Lipinski definition) is 1. The largest absolute Gasteiger partial charge is 0.347 e. The lowest BCUT2D eigenvalue weighted by Gasteiger charge is -2.17. The van der Waals surface area contributed by atoms with Crippen molar-refractivity contribution in [3.05, 3.63) is 47.5 Å². The van der Waals surface area contributed by atoms with E-state index in [2.05, 4.69) is 28.3 Å². The molecule has 0 radical (unpaired) electrons. The number of imidazole rings is 1. The van der Waals surface area contributed by atoms with Gasteiger partial charge in [0.25, 0.3) is 0 Å². The van der Waals surface area contributed by atoms with Crippen LogP contribution in [-0.2, 0) is 17.8 Å². The molecule has 1 aromatic carbocycles. The molecule has 6 heteroatoms.